The molecule has 1 aromatic carbocycles. The topological polar surface area (TPSA) is 100 Å². The summed E-state index contributed by atoms with van der Waals surface area (Å²) in [6.45, 7) is 5.39. The van der Waals surface area contributed by atoms with Crippen molar-refractivity contribution >= 4 is 35.8 Å². The van der Waals surface area contributed by atoms with Gasteiger partial charge < -0.3 is 25.8 Å². The number of hydrogen-bond acceptors (Lipinski definition) is 4. The van der Waals surface area contributed by atoms with Gasteiger partial charge in [0.1, 0.15) is 0 Å². The van der Waals surface area contributed by atoms with Crippen molar-refractivity contribution in [3.05, 3.63) is 35.9 Å². The van der Waals surface area contributed by atoms with Gasteiger partial charge in [0.05, 0.1) is 25.9 Å². The number of carbonyl (C=O) groups is 1. The molecule has 1 aliphatic rings. The molecule has 7 nitrogen and oxygen atoms in total. The molecule has 0 aliphatic carbocycles. The molecule has 0 bridgehead atoms. The molecule has 1 aromatic rings. The van der Waals surface area contributed by atoms with Gasteiger partial charge in [-0.3, -0.25) is 9.79 Å². The first-order valence-corrected chi connectivity index (χ1v) is 9.69. The average molecular weight is 504 g/mol. The lowest BCUT2D eigenvalue weighted by atomic mass is 9.95. The molecular formula is C20H33IN4O3. The third kappa shape index (κ3) is 9.20. The highest BCUT2D eigenvalue weighted by molar-refractivity contribution is 14.0. The second-order valence-electron chi connectivity index (χ2n) is 6.97. The van der Waals surface area contributed by atoms with E-state index >= 15 is 0 Å². The predicted molar refractivity (Wildman–Crippen MR) is 122 cm³/mol. The van der Waals surface area contributed by atoms with Gasteiger partial charge in [-0.05, 0) is 31.2 Å². The van der Waals surface area contributed by atoms with E-state index < -0.39 is 6.10 Å². The highest BCUT2D eigenvalue weighted by Gasteiger charge is 2.23. The smallest absolute Gasteiger partial charge is 0.217 e. The predicted octanol–water partition coefficient (Wildman–Crippen LogP) is 1.73. The van der Waals surface area contributed by atoms with Crippen molar-refractivity contribution in [2.45, 2.75) is 38.9 Å². The fourth-order valence-electron chi connectivity index (χ4n) is 3.27. The van der Waals surface area contributed by atoms with Crippen LogP contribution >= 0.6 is 24.0 Å². The third-order valence-corrected chi connectivity index (χ3v) is 4.52. The average Bonchev–Trinajstić information content (AvgIpc) is 2.65. The maximum Gasteiger partial charge on any atom is 0.217 e. The van der Waals surface area contributed by atoms with Gasteiger partial charge in [0.2, 0.25) is 5.91 Å². The van der Waals surface area contributed by atoms with Crippen LogP contribution in [0, 0.1) is 5.92 Å². The van der Waals surface area contributed by atoms with Crippen LogP contribution in [0.15, 0.2) is 35.3 Å². The number of likely N-dealkylation sites (tertiary alicyclic amines) is 1. The minimum atomic E-state index is -0.659. The molecule has 8 heteroatoms. The highest BCUT2D eigenvalue weighted by Crippen LogP contribution is 2.19. The first kappa shape index (κ1) is 24.6. The summed E-state index contributed by atoms with van der Waals surface area (Å²) in [7, 11) is 0. The Morgan fingerprint density at radius 2 is 2.18 bits per heavy atom. The zero-order chi connectivity index (χ0) is 19.5. The van der Waals surface area contributed by atoms with Gasteiger partial charge in [0, 0.05) is 26.1 Å². The molecular weight excluding hydrogens is 471 g/mol. The van der Waals surface area contributed by atoms with E-state index in [9.17, 15) is 9.90 Å². The molecule has 158 valence electrons. The summed E-state index contributed by atoms with van der Waals surface area (Å²) in [5, 5.41) is 13.4. The number of nitrogens with one attached hydrogen (secondary N) is 1. The number of hydrogen-bond donors (Lipinski definition) is 3. The molecule has 1 heterocycles. The summed E-state index contributed by atoms with van der Waals surface area (Å²) in [6, 6.07) is 9.88. The van der Waals surface area contributed by atoms with Crippen LogP contribution in [0.3, 0.4) is 0 Å². The van der Waals surface area contributed by atoms with Gasteiger partial charge in [0.15, 0.2) is 5.96 Å². The number of guanidine groups is 1. The van der Waals surface area contributed by atoms with E-state index in [1.807, 2.05) is 37.3 Å². The molecule has 1 aliphatic heterocycles. The number of nitrogens with two attached hydrogens (primary N) is 1. The second-order valence-corrected chi connectivity index (χ2v) is 6.97. The van der Waals surface area contributed by atoms with E-state index in [0.717, 1.165) is 44.0 Å². The van der Waals surface area contributed by atoms with E-state index in [0.29, 0.717) is 13.0 Å². The van der Waals surface area contributed by atoms with Crippen LogP contribution in [-0.2, 0) is 16.1 Å². The zero-order valence-electron chi connectivity index (χ0n) is 16.5. The lowest BCUT2D eigenvalue weighted by molar-refractivity contribution is -0.119. The summed E-state index contributed by atoms with van der Waals surface area (Å²) in [5.74, 6) is 0.780. The fourth-order valence-corrected chi connectivity index (χ4v) is 3.27. The largest absolute Gasteiger partial charge is 0.389 e. The first-order valence-electron chi connectivity index (χ1n) is 9.69. The van der Waals surface area contributed by atoms with Crippen LogP contribution < -0.4 is 11.1 Å². The Kier molecular flexibility index (Phi) is 12.1. The minimum absolute atomic E-state index is 0. The molecule has 1 amide bonds. The zero-order valence-corrected chi connectivity index (χ0v) is 18.9. The van der Waals surface area contributed by atoms with E-state index in [2.05, 4.69) is 15.2 Å². The Morgan fingerprint density at radius 3 is 2.86 bits per heavy atom. The van der Waals surface area contributed by atoms with Crippen molar-refractivity contribution < 1.29 is 14.6 Å². The Hall–Kier alpha value is -1.39. The molecule has 4 N–H and O–H groups in total. The van der Waals surface area contributed by atoms with Gasteiger partial charge in [-0.2, -0.15) is 0 Å². The molecule has 28 heavy (non-hydrogen) atoms. The van der Waals surface area contributed by atoms with Crippen molar-refractivity contribution in [1.29, 1.82) is 0 Å². The van der Waals surface area contributed by atoms with Crippen LogP contribution in [0.2, 0.25) is 0 Å². The molecule has 0 radical (unpaired) electrons. The number of nitrogens with zero attached hydrogens (tertiary/aromatic N) is 2. The maximum atomic E-state index is 11.2. The van der Waals surface area contributed by atoms with E-state index in [-0.39, 0.29) is 49.0 Å². The lowest BCUT2D eigenvalue weighted by Crippen LogP contribution is -2.47. The molecule has 2 atom stereocenters. The summed E-state index contributed by atoms with van der Waals surface area (Å²) in [6.07, 6.45) is 1.76. The number of carbonyl (C=O) groups excluding carboxylic acids is 1. The van der Waals surface area contributed by atoms with Crippen LogP contribution in [0.4, 0.5) is 0 Å². The number of ether oxygens (including phenoxy) is 1. The van der Waals surface area contributed by atoms with Crippen LogP contribution in [0.5, 0.6) is 0 Å². The second kappa shape index (κ2) is 13.7. The standard InChI is InChI=1S/C20H32N4O3.HI/c1-2-22-20(24-10-6-9-17(13-24)11-19(21)26)23-12-18(25)15-27-14-16-7-4-3-5-8-16;/h3-5,7-8,17-18,25H,2,6,9-15H2,1H3,(H2,21,26)(H,22,23);1H. The number of amides is 1. The number of halogens is 1. The van der Waals surface area contributed by atoms with Gasteiger partial charge in [-0.15, -0.1) is 24.0 Å². The number of benzene rings is 1. The Bertz CT molecular complexity index is 600. The fraction of sp³-hybridized carbons (Fsp3) is 0.600. The van der Waals surface area contributed by atoms with Crippen LogP contribution in [0.1, 0.15) is 31.7 Å². The Morgan fingerprint density at radius 1 is 1.43 bits per heavy atom. The molecule has 0 saturated carbocycles. The monoisotopic (exact) mass is 504 g/mol. The van der Waals surface area contributed by atoms with Crippen molar-refractivity contribution in [3.8, 4) is 0 Å². The van der Waals surface area contributed by atoms with Crippen LogP contribution in [-0.4, -0.2) is 60.8 Å². The van der Waals surface area contributed by atoms with Gasteiger partial charge in [0.25, 0.3) is 0 Å². The lowest BCUT2D eigenvalue weighted by Gasteiger charge is -2.34. The number of piperidine rings is 1. The van der Waals surface area contributed by atoms with Crippen LogP contribution in [0.25, 0.3) is 0 Å². The van der Waals surface area contributed by atoms with E-state index in [1.165, 1.54) is 0 Å². The van der Waals surface area contributed by atoms with Crippen molar-refractivity contribution in [3.63, 3.8) is 0 Å². The SMILES string of the molecule is CCNC(=NCC(O)COCc1ccccc1)N1CCCC(CC(N)=O)C1.I. The molecule has 0 aromatic heterocycles. The number of primary amides is 1. The first-order chi connectivity index (χ1) is 13.1. The molecule has 2 rings (SSSR count). The Balaban J connectivity index is 0.00000392. The third-order valence-electron chi connectivity index (χ3n) is 4.52. The van der Waals surface area contributed by atoms with Crippen molar-refractivity contribution in [2.75, 3.05) is 32.8 Å². The van der Waals surface area contributed by atoms with Crippen molar-refractivity contribution in [1.82, 2.24) is 10.2 Å². The number of aliphatic hydroxyl groups excluding tert-OH is 1. The maximum absolute atomic E-state index is 11.2. The number of rotatable bonds is 9. The summed E-state index contributed by atoms with van der Waals surface area (Å²) >= 11 is 0. The molecule has 1 fully saturated rings. The molecule has 1 saturated heterocycles. The van der Waals surface area contributed by atoms with Gasteiger partial charge in [-0.1, -0.05) is 30.3 Å². The minimum Gasteiger partial charge on any atom is -0.389 e. The molecule has 0 spiro atoms. The Labute approximate surface area is 184 Å². The normalized spacial score (nSPS) is 18.3. The summed E-state index contributed by atoms with van der Waals surface area (Å²) in [5.41, 5.74) is 6.42. The van der Waals surface area contributed by atoms with E-state index in [4.69, 9.17) is 10.5 Å². The summed E-state index contributed by atoms with van der Waals surface area (Å²) in [4.78, 5) is 17.9. The van der Waals surface area contributed by atoms with Gasteiger partial charge in [-0.25, -0.2) is 0 Å². The number of aliphatic imine (C=N–C) groups is 1. The van der Waals surface area contributed by atoms with Gasteiger partial charge >= 0.3 is 0 Å². The van der Waals surface area contributed by atoms with Crippen molar-refractivity contribution in [2.24, 2.45) is 16.6 Å². The number of aliphatic hydroxyl groups is 1. The van der Waals surface area contributed by atoms with E-state index in [1.54, 1.807) is 0 Å². The quantitative estimate of drug-likeness (QED) is 0.270. The highest BCUT2D eigenvalue weighted by atomic mass is 127. The summed E-state index contributed by atoms with van der Waals surface area (Å²) < 4.78 is 5.58. The molecule has 2 unspecified atom stereocenters.